The Morgan fingerprint density at radius 3 is 2.61 bits per heavy atom. The summed E-state index contributed by atoms with van der Waals surface area (Å²) in [6, 6.07) is 4.33. The van der Waals surface area contributed by atoms with Gasteiger partial charge >= 0.3 is 0 Å². The third-order valence-corrected chi connectivity index (χ3v) is 3.00. The summed E-state index contributed by atoms with van der Waals surface area (Å²) in [6.07, 6.45) is 5.05. The van der Waals surface area contributed by atoms with E-state index < -0.39 is 0 Å². The molecule has 0 aliphatic rings. The number of aromatic nitrogens is 1. The van der Waals surface area contributed by atoms with Gasteiger partial charge in [0.2, 0.25) is 0 Å². The second kappa shape index (κ2) is 8.22. The molecule has 0 radical (unpaired) electrons. The third kappa shape index (κ3) is 4.39. The van der Waals surface area contributed by atoms with Crippen LogP contribution in [0.5, 0.6) is 0 Å². The molecule has 1 rings (SSSR count). The molecule has 2 unspecified atom stereocenters. The van der Waals surface area contributed by atoms with Gasteiger partial charge in [-0.15, -0.1) is 0 Å². The molecule has 3 heteroatoms. The molecular weight excluding hydrogens is 224 g/mol. The van der Waals surface area contributed by atoms with Crippen molar-refractivity contribution in [3.63, 3.8) is 0 Å². The van der Waals surface area contributed by atoms with E-state index in [4.69, 9.17) is 4.74 Å². The Balaban J connectivity index is 2.88. The van der Waals surface area contributed by atoms with Crippen LogP contribution in [-0.2, 0) is 4.74 Å². The second-order valence-electron chi connectivity index (χ2n) is 4.88. The number of nitrogens with zero attached hydrogens (tertiary/aromatic N) is 1. The van der Waals surface area contributed by atoms with E-state index in [1.165, 1.54) is 5.56 Å². The van der Waals surface area contributed by atoms with Gasteiger partial charge in [0, 0.05) is 19.0 Å². The fraction of sp³-hybridized carbons (Fsp3) is 0.667. The Kier molecular flexibility index (Phi) is 6.91. The maximum atomic E-state index is 5.93. The Hall–Kier alpha value is -0.930. The van der Waals surface area contributed by atoms with Crippen molar-refractivity contribution in [2.75, 3.05) is 13.2 Å². The lowest BCUT2D eigenvalue weighted by atomic mass is 9.94. The van der Waals surface area contributed by atoms with Gasteiger partial charge in [-0.3, -0.25) is 4.98 Å². The molecule has 0 saturated heterocycles. The average Bonchev–Trinajstić information content (AvgIpc) is 2.39. The molecule has 1 aromatic rings. The Morgan fingerprint density at radius 2 is 2.11 bits per heavy atom. The highest BCUT2D eigenvalue weighted by molar-refractivity contribution is 5.16. The monoisotopic (exact) mass is 250 g/mol. The highest BCUT2D eigenvalue weighted by Gasteiger charge is 2.26. The number of nitrogens with one attached hydrogen (secondary N) is 1. The maximum Gasteiger partial charge on any atom is 0.0792 e. The predicted octanol–water partition coefficient (Wildman–Crippen LogP) is 3.18. The van der Waals surface area contributed by atoms with Crippen molar-refractivity contribution < 1.29 is 4.74 Å². The van der Waals surface area contributed by atoms with Crippen LogP contribution in [0.3, 0.4) is 0 Å². The zero-order chi connectivity index (χ0) is 13.4. The fourth-order valence-corrected chi connectivity index (χ4v) is 2.15. The highest BCUT2D eigenvalue weighted by Crippen LogP contribution is 2.24. The Bertz CT molecular complexity index is 314. The van der Waals surface area contributed by atoms with Crippen molar-refractivity contribution in [1.29, 1.82) is 0 Å². The zero-order valence-electron chi connectivity index (χ0n) is 12.0. The molecule has 2 atom stereocenters. The van der Waals surface area contributed by atoms with Crippen molar-refractivity contribution in [2.24, 2.45) is 5.92 Å². The topological polar surface area (TPSA) is 34.2 Å². The van der Waals surface area contributed by atoms with E-state index in [1.54, 1.807) is 0 Å². The third-order valence-electron chi connectivity index (χ3n) is 3.00. The number of ether oxygens (including phenoxy) is 1. The zero-order valence-corrected chi connectivity index (χ0v) is 12.0. The van der Waals surface area contributed by atoms with Crippen LogP contribution in [0, 0.1) is 5.92 Å². The first-order chi connectivity index (χ1) is 8.70. The fourth-order valence-electron chi connectivity index (χ4n) is 2.15. The molecule has 0 spiro atoms. The van der Waals surface area contributed by atoms with Crippen LogP contribution in [0.1, 0.15) is 45.7 Å². The van der Waals surface area contributed by atoms with E-state index >= 15 is 0 Å². The summed E-state index contributed by atoms with van der Waals surface area (Å²) in [5.74, 6) is 0.472. The standard InChI is InChI=1S/C15H26N2O/c1-5-9-17-14(13-8-7-10-16-11-13)15(12(3)4)18-6-2/h7-8,10-12,14-15,17H,5-6,9H2,1-4H3. The molecule has 1 N–H and O–H groups in total. The van der Waals surface area contributed by atoms with Gasteiger partial charge in [0.05, 0.1) is 12.1 Å². The van der Waals surface area contributed by atoms with Crippen LogP contribution in [0.2, 0.25) is 0 Å². The molecule has 0 aliphatic carbocycles. The normalized spacial score (nSPS) is 14.7. The number of hydrogen-bond acceptors (Lipinski definition) is 3. The predicted molar refractivity (Wildman–Crippen MR) is 75.5 cm³/mol. The first-order valence-electron chi connectivity index (χ1n) is 6.95. The minimum Gasteiger partial charge on any atom is -0.376 e. The van der Waals surface area contributed by atoms with Gasteiger partial charge in [0.1, 0.15) is 0 Å². The first-order valence-corrected chi connectivity index (χ1v) is 6.95. The summed E-state index contributed by atoms with van der Waals surface area (Å²) in [6.45, 7) is 10.4. The van der Waals surface area contributed by atoms with Crippen LogP contribution in [0.4, 0.5) is 0 Å². The van der Waals surface area contributed by atoms with Crippen molar-refractivity contribution in [3.05, 3.63) is 30.1 Å². The molecule has 0 aromatic carbocycles. The molecule has 0 bridgehead atoms. The molecular formula is C15H26N2O. The van der Waals surface area contributed by atoms with E-state index in [9.17, 15) is 0 Å². The van der Waals surface area contributed by atoms with Crippen molar-refractivity contribution in [3.8, 4) is 0 Å². The van der Waals surface area contributed by atoms with Gasteiger partial charge < -0.3 is 10.1 Å². The maximum absolute atomic E-state index is 5.93. The quantitative estimate of drug-likeness (QED) is 0.769. The van der Waals surface area contributed by atoms with Crippen LogP contribution in [0.15, 0.2) is 24.5 Å². The van der Waals surface area contributed by atoms with Gasteiger partial charge in [-0.2, -0.15) is 0 Å². The van der Waals surface area contributed by atoms with E-state index in [2.05, 4.69) is 44.1 Å². The lowest BCUT2D eigenvalue weighted by Gasteiger charge is -2.31. The van der Waals surface area contributed by atoms with Gasteiger partial charge in [0.25, 0.3) is 0 Å². The molecule has 0 saturated carbocycles. The van der Waals surface area contributed by atoms with Gasteiger partial charge in [-0.25, -0.2) is 0 Å². The van der Waals surface area contributed by atoms with Crippen LogP contribution in [0.25, 0.3) is 0 Å². The van der Waals surface area contributed by atoms with E-state index in [0.29, 0.717) is 5.92 Å². The molecule has 1 aromatic heterocycles. The van der Waals surface area contributed by atoms with Gasteiger partial charge in [-0.1, -0.05) is 26.8 Å². The van der Waals surface area contributed by atoms with Crippen LogP contribution in [-0.4, -0.2) is 24.2 Å². The van der Waals surface area contributed by atoms with Crippen molar-refractivity contribution >= 4 is 0 Å². The van der Waals surface area contributed by atoms with Crippen LogP contribution < -0.4 is 5.32 Å². The SMILES string of the molecule is CCCNC(c1cccnc1)C(OCC)C(C)C. The summed E-state index contributed by atoms with van der Waals surface area (Å²) in [5, 5.41) is 3.59. The molecule has 18 heavy (non-hydrogen) atoms. The minimum atomic E-state index is 0.186. The molecule has 0 fully saturated rings. The van der Waals surface area contributed by atoms with Gasteiger partial charge in [0.15, 0.2) is 0 Å². The van der Waals surface area contributed by atoms with E-state index in [1.807, 2.05) is 18.5 Å². The minimum absolute atomic E-state index is 0.186. The molecule has 0 amide bonds. The van der Waals surface area contributed by atoms with E-state index in [0.717, 1.165) is 19.6 Å². The number of rotatable bonds is 8. The molecule has 3 nitrogen and oxygen atoms in total. The van der Waals surface area contributed by atoms with Crippen molar-refractivity contribution in [2.45, 2.75) is 46.3 Å². The second-order valence-corrected chi connectivity index (χ2v) is 4.88. The summed E-state index contributed by atoms with van der Waals surface area (Å²) >= 11 is 0. The molecule has 102 valence electrons. The lowest BCUT2D eigenvalue weighted by Crippen LogP contribution is -2.37. The molecule has 0 aliphatic heterocycles. The Morgan fingerprint density at radius 1 is 1.33 bits per heavy atom. The summed E-state index contributed by atoms with van der Waals surface area (Å²) in [7, 11) is 0. The average molecular weight is 250 g/mol. The summed E-state index contributed by atoms with van der Waals surface area (Å²) < 4.78 is 5.93. The van der Waals surface area contributed by atoms with Crippen molar-refractivity contribution in [1.82, 2.24) is 10.3 Å². The smallest absolute Gasteiger partial charge is 0.0792 e. The largest absolute Gasteiger partial charge is 0.376 e. The highest BCUT2D eigenvalue weighted by atomic mass is 16.5. The Labute approximate surface area is 111 Å². The lowest BCUT2D eigenvalue weighted by molar-refractivity contribution is 0.00276. The van der Waals surface area contributed by atoms with Gasteiger partial charge in [-0.05, 0) is 37.4 Å². The number of hydrogen-bond donors (Lipinski definition) is 1. The first kappa shape index (κ1) is 15.1. The summed E-state index contributed by atoms with van der Waals surface area (Å²) in [4.78, 5) is 4.22. The summed E-state index contributed by atoms with van der Waals surface area (Å²) in [5.41, 5.74) is 1.21. The molecule has 1 heterocycles. The van der Waals surface area contributed by atoms with Crippen LogP contribution >= 0.6 is 0 Å². The van der Waals surface area contributed by atoms with E-state index in [-0.39, 0.29) is 12.1 Å². The number of pyridine rings is 1.